The second-order valence-electron chi connectivity index (χ2n) is 2.31. The van der Waals surface area contributed by atoms with Crippen LogP contribution in [-0.2, 0) is 0 Å². The van der Waals surface area contributed by atoms with Crippen LogP contribution in [0.5, 0.6) is 0 Å². The quantitative estimate of drug-likeness (QED) is 0.392. The minimum absolute atomic E-state index is 0.0962. The van der Waals surface area contributed by atoms with E-state index in [0.29, 0.717) is 0 Å². The zero-order valence-corrected chi connectivity index (χ0v) is 6.38. The van der Waals surface area contributed by atoms with Crippen molar-refractivity contribution in [2.24, 2.45) is 5.16 Å². The standard InChI is InChI=1S/C8H7F2NO/c1-5(11-12)7-3-2-6(9)4-8(7)10/h2-4,12H,1H3. The Kier molecular flexibility index (Phi) is 2.38. The number of rotatable bonds is 1. The van der Waals surface area contributed by atoms with Gasteiger partial charge < -0.3 is 5.21 Å². The lowest BCUT2D eigenvalue weighted by atomic mass is 10.1. The van der Waals surface area contributed by atoms with Crippen molar-refractivity contribution in [1.29, 1.82) is 0 Å². The Morgan fingerprint density at radius 2 is 2.08 bits per heavy atom. The van der Waals surface area contributed by atoms with E-state index in [1.165, 1.54) is 13.0 Å². The van der Waals surface area contributed by atoms with E-state index >= 15 is 0 Å². The van der Waals surface area contributed by atoms with Gasteiger partial charge in [0, 0.05) is 11.6 Å². The third-order valence-electron chi connectivity index (χ3n) is 1.47. The topological polar surface area (TPSA) is 32.6 Å². The van der Waals surface area contributed by atoms with E-state index in [9.17, 15) is 8.78 Å². The van der Waals surface area contributed by atoms with Crippen molar-refractivity contribution in [2.75, 3.05) is 0 Å². The maximum Gasteiger partial charge on any atom is 0.135 e. The van der Waals surface area contributed by atoms with Crippen LogP contribution in [0.1, 0.15) is 12.5 Å². The molecule has 0 spiro atoms. The lowest BCUT2D eigenvalue weighted by molar-refractivity contribution is 0.319. The van der Waals surface area contributed by atoms with Crippen LogP contribution in [0, 0.1) is 11.6 Å². The van der Waals surface area contributed by atoms with E-state index in [4.69, 9.17) is 5.21 Å². The summed E-state index contributed by atoms with van der Waals surface area (Å²) in [4.78, 5) is 0. The van der Waals surface area contributed by atoms with Gasteiger partial charge in [-0.15, -0.1) is 0 Å². The number of nitrogens with zero attached hydrogens (tertiary/aromatic N) is 1. The number of halogens is 2. The Hall–Kier alpha value is -1.45. The molecule has 0 atom stereocenters. The fraction of sp³-hybridized carbons (Fsp3) is 0.125. The van der Waals surface area contributed by atoms with Crippen molar-refractivity contribution in [3.8, 4) is 0 Å². The molecule has 0 unspecified atom stereocenters. The third-order valence-corrected chi connectivity index (χ3v) is 1.47. The molecule has 1 aromatic carbocycles. The maximum atomic E-state index is 12.9. The fourth-order valence-electron chi connectivity index (χ4n) is 0.837. The van der Waals surface area contributed by atoms with Crippen molar-refractivity contribution >= 4 is 5.71 Å². The Morgan fingerprint density at radius 1 is 1.42 bits per heavy atom. The molecule has 0 amide bonds. The first-order valence-corrected chi connectivity index (χ1v) is 3.29. The monoisotopic (exact) mass is 171 g/mol. The predicted molar refractivity (Wildman–Crippen MR) is 40.4 cm³/mol. The van der Waals surface area contributed by atoms with Crippen LogP contribution >= 0.6 is 0 Å². The highest BCUT2D eigenvalue weighted by Crippen LogP contribution is 2.10. The number of oxime groups is 1. The number of hydrogen-bond donors (Lipinski definition) is 1. The number of benzene rings is 1. The van der Waals surface area contributed by atoms with Crippen molar-refractivity contribution < 1.29 is 14.0 Å². The number of hydrogen-bond acceptors (Lipinski definition) is 2. The highest BCUT2D eigenvalue weighted by atomic mass is 19.1. The zero-order valence-electron chi connectivity index (χ0n) is 6.38. The molecule has 0 saturated carbocycles. The van der Waals surface area contributed by atoms with Crippen LogP contribution < -0.4 is 0 Å². The summed E-state index contributed by atoms with van der Waals surface area (Å²) in [6, 6.07) is 3.07. The zero-order chi connectivity index (χ0) is 9.14. The summed E-state index contributed by atoms with van der Waals surface area (Å²) >= 11 is 0. The summed E-state index contributed by atoms with van der Waals surface area (Å²) in [5.41, 5.74) is 0.214. The molecule has 0 radical (unpaired) electrons. The van der Waals surface area contributed by atoms with Crippen molar-refractivity contribution in [2.45, 2.75) is 6.92 Å². The molecule has 0 aliphatic heterocycles. The minimum atomic E-state index is -0.731. The molecule has 0 aliphatic rings. The summed E-state index contributed by atoms with van der Waals surface area (Å²) in [6.45, 7) is 1.43. The van der Waals surface area contributed by atoms with Gasteiger partial charge >= 0.3 is 0 Å². The van der Waals surface area contributed by atoms with E-state index < -0.39 is 11.6 Å². The molecule has 1 aromatic rings. The van der Waals surface area contributed by atoms with Gasteiger partial charge in [0.15, 0.2) is 0 Å². The van der Waals surface area contributed by atoms with Crippen LogP contribution in [0.4, 0.5) is 8.78 Å². The van der Waals surface area contributed by atoms with Gasteiger partial charge in [-0.25, -0.2) is 8.78 Å². The van der Waals surface area contributed by atoms with Crippen molar-refractivity contribution in [3.05, 3.63) is 35.4 Å². The van der Waals surface area contributed by atoms with E-state index in [0.717, 1.165) is 12.1 Å². The van der Waals surface area contributed by atoms with Crippen LogP contribution in [0.3, 0.4) is 0 Å². The molecule has 0 saturated heterocycles. The minimum Gasteiger partial charge on any atom is -0.411 e. The highest BCUT2D eigenvalue weighted by Gasteiger charge is 2.06. The largest absolute Gasteiger partial charge is 0.411 e. The average Bonchev–Trinajstić information content (AvgIpc) is 2.03. The molecule has 0 fully saturated rings. The lowest BCUT2D eigenvalue weighted by Crippen LogP contribution is -1.98. The van der Waals surface area contributed by atoms with Crippen molar-refractivity contribution in [3.63, 3.8) is 0 Å². The van der Waals surface area contributed by atoms with E-state index in [2.05, 4.69) is 5.16 Å². The second-order valence-corrected chi connectivity index (χ2v) is 2.31. The molecular weight excluding hydrogens is 164 g/mol. The van der Waals surface area contributed by atoms with Gasteiger partial charge in [-0.3, -0.25) is 0 Å². The molecule has 1 rings (SSSR count). The molecule has 0 aromatic heterocycles. The first kappa shape index (κ1) is 8.64. The van der Waals surface area contributed by atoms with Crippen LogP contribution in [-0.4, -0.2) is 10.9 Å². The first-order valence-electron chi connectivity index (χ1n) is 3.29. The Bertz CT molecular complexity index is 323. The second kappa shape index (κ2) is 3.30. The van der Waals surface area contributed by atoms with Gasteiger partial charge in [-0.2, -0.15) is 0 Å². The fourth-order valence-corrected chi connectivity index (χ4v) is 0.837. The molecule has 2 nitrogen and oxygen atoms in total. The van der Waals surface area contributed by atoms with E-state index in [1.807, 2.05) is 0 Å². The van der Waals surface area contributed by atoms with Crippen LogP contribution in [0.2, 0.25) is 0 Å². The summed E-state index contributed by atoms with van der Waals surface area (Å²) in [6.07, 6.45) is 0. The maximum absolute atomic E-state index is 12.9. The summed E-state index contributed by atoms with van der Waals surface area (Å²) in [5, 5.41) is 11.1. The molecule has 64 valence electrons. The van der Waals surface area contributed by atoms with Gasteiger partial charge in [0.1, 0.15) is 11.6 Å². The molecule has 0 heterocycles. The molecule has 4 heteroatoms. The molecular formula is C8H7F2NO. The Morgan fingerprint density at radius 3 is 2.58 bits per heavy atom. The third kappa shape index (κ3) is 1.58. The molecule has 0 bridgehead atoms. The van der Waals surface area contributed by atoms with Gasteiger partial charge in [-0.05, 0) is 19.1 Å². The van der Waals surface area contributed by atoms with Gasteiger partial charge in [0.2, 0.25) is 0 Å². The van der Waals surface area contributed by atoms with Crippen molar-refractivity contribution in [1.82, 2.24) is 0 Å². The van der Waals surface area contributed by atoms with Gasteiger partial charge in [0.25, 0.3) is 0 Å². The summed E-state index contributed by atoms with van der Waals surface area (Å²) < 4.78 is 25.2. The Balaban J connectivity index is 3.18. The summed E-state index contributed by atoms with van der Waals surface area (Å²) in [7, 11) is 0. The van der Waals surface area contributed by atoms with Gasteiger partial charge in [0.05, 0.1) is 5.71 Å². The molecule has 1 N–H and O–H groups in total. The van der Waals surface area contributed by atoms with Crippen LogP contribution in [0.25, 0.3) is 0 Å². The average molecular weight is 171 g/mol. The first-order chi connectivity index (χ1) is 5.65. The Labute approximate surface area is 68.1 Å². The lowest BCUT2D eigenvalue weighted by Gasteiger charge is -1.99. The predicted octanol–water partition coefficient (Wildman–Crippen LogP) is 2.16. The normalized spacial score (nSPS) is 11.8. The summed E-state index contributed by atoms with van der Waals surface area (Å²) in [5.74, 6) is -1.38. The smallest absolute Gasteiger partial charge is 0.135 e. The SMILES string of the molecule is CC(=NO)c1ccc(F)cc1F. The van der Waals surface area contributed by atoms with Gasteiger partial charge in [-0.1, -0.05) is 5.16 Å². The molecule has 0 aliphatic carbocycles. The van der Waals surface area contributed by atoms with Crippen LogP contribution in [0.15, 0.2) is 23.4 Å². The van der Waals surface area contributed by atoms with E-state index in [-0.39, 0.29) is 11.3 Å². The van der Waals surface area contributed by atoms with E-state index in [1.54, 1.807) is 0 Å². The molecule has 12 heavy (non-hydrogen) atoms. The highest BCUT2D eigenvalue weighted by molar-refractivity contribution is 5.98.